The highest BCUT2D eigenvalue weighted by Crippen LogP contribution is 2.37. The quantitative estimate of drug-likeness (QED) is 0.312. The summed E-state index contributed by atoms with van der Waals surface area (Å²) in [5.74, 6) is 2.25. The Bertz CT molecular complexity index is 831. The predicted molar refractivity (Wildman–Crippen MR) is 117 cm³/mol. The summed E-state index contributed by atoms with van der Waals surface area (Å²) >= 11 is 0. The van der Waals surface area contributed by atoms with Crippen molar-refractivity contribution in [2.75, 3.05) is 0 Å². The lowest BCUT2D eigenvalue weighted by Crippen LogP contribution is -2.72. The number of allylic oxidation sites excluding steroid dienone is 1. The Balaban J connectivity index is 2.32. The first-order chi connectivity index (χ1) is 13.5. The molecule has 30 heavy (non-hydrogen) atoms. The molecular weight excluding hydrogens is 400 g/mol. The molecule has 0 aromatic carbocycles. The number of hydrogen-bond donors (Lipinski definition) is 1. The summed E-state index contributed by atoms with van der Waals surface area (Å²) in [7, 11) is -1.67. The van der Waals surface area contributed by atoms with E-state index in [0.717, 1.165) is 0 Å². The molecule has 7 nitrogen and oxygen atoms in total. The van der Waals surface area contributed by atoms with Gasteiger partial charge < -0.3 is 14.8 Å². The van der Waals surface area contributed by atoms with Gasteiger partial charge in [-0.3, -0.25) is 9.69 Å². The maximum atomic E-state index is 13.0. The molecule has 8 heteroatoms. The van der Waals surface area contributed by atoms with Gasteiger partial charge >= 0.3 is 12.1 Å². The van der Waals surface area contributed by atoms with Crippen molar-refractivity contribution in [3.8, 4) is 11.5 Å². The van der Waals surface area contributed by atoms with Gasteiger partial charge in [0.25, 0.3) is 5.91 Å². The molecule has 2 rings (SSSR count). The Kier molecular flexibility index (Phi) is 6.48. The van der Waals surface area contributed by atoms with Crippen LogP contribution in [-0.4, -0.2) is 54.2 Å². The Labute approximate surface area is 180 Å². The molecule has 166 valence electrons. The van der Waals surface area contributed by atoms with E-state index >= 15 is 0 Å². The summed E-state index contributed by atoms with van der Waals surface area (Å²) in [4.78, 5) is 39.4. The van der Waals surface area contributed by atoms with Crippen molar-refractivity contribution in [3.63, 3.8) is 0 Å². The van der Waals surface area contributed by atoms with Crippen LogP contribution in [0.4, 0.5) is 4.79 Å². The lowest BCUT2D eigenvalue weighted by molar-refractivity contribution is -0.161. The molecule has 0 aromatic heterocycles. The standard InChI is InChI=1S/C22H34N2O5Si/c1-21(2,3)28-19(26)17-14(12-13-30(7,8)9)10-11-15-16(18(25)24(15)17)23-20(27)29-22(4,5)6/h15-16H,10-11H2,1-9H3,(H,23,27)/t15-,16+/m1/s1. The highest BCUT2D eigenvalue weighted by atomic mass is 28.3. The van der Waals surface area contributed by atoms with E-state index in [4.69, 9.17) is 9.47 Å². The normalized spacial score (nSPS) is 21.8. The zero-order valence-corrected chi connectivity index (χ0v) is 20.6. The first-order valence-electron chi connectivity index (χ1n) is 10.3. The van der Waals surface area contributed by atoms with E-state index in [1.54, 1.807) is 41.5 Å². The third kappa shape index (κ3) is 6.11. The maximum Gasteiger partial charge on any atom is 0.408 e. The zero-order chi connectivity index (χ0) is 23.1. The summed E-state index contributed by atoms with van der Waals surface area (Å²) in [6.07, 6.45) is 0.508. The maximum absolute atomic E-state index is 13.0. The number of carbonyl (C=O) groups excluding carboxylic acids is 3. The predicted octanol–water partition coefficient (Wildman–Crippen LogP) is 3.36. The van der Waals surface area contributed by atoms with Gasteiger partial charge in [0.1, 0.15) is 31.0 Å². The third-order valence-electron chi connectivity index (χ3n) is 4.29. The largest absolute Gasteiger partial charge is 0.455 e. The summed E-state index contributed by atoms with van der Waals surface area (Å²) in [6.45, 7) is 17.0. The minimum atomic E-state index is -1.67. The molecule has 2 atom stereocenters. The summed E-state index contributed by atoms with van der Waals surface area (Å²) in [6, 6.07) is -1.03. The first-order valence-corrected chi connectivity index (χ1v) is 13.8. The van der Waals surface area contributed by atoms with Gasteiger partial charge in [-0.1, -0.05) is 25.6 Å². The number of esters is 1. The molecule has 0 radical (unpaired) electrons. The number of amides is 2. The Morgan fingerprint density at radius 2 is 1.63 bits per heavy atom. The van der Waals surface area contributed by atoms with E-state index in [-0.39, 0.29) is 17.6 Å². The highest BCUT2D eigenvalue weighted by molar-refractivity contribution is 6.83. The number of hydrogen-bond acceptors (Lipinski definition) is 5. The highest BCUT2D eigenvalue weighted by Gasteiger charge is 2.54. The zero-order valence-electron chi connectivity index (χ0n) is 19.6. The lowest BCUT2D eigenvalue weighted by Gasteiger charge is -2.50. The van der Waals surface area contributed by atoms with E-state index in [1.165, 1.54) is 4.90 Å². The Morgan fingerprint density at radius 3 is 2.13 bits per heavy atom. The first kappa shape index (κ1) is 24.0. The summed E-state index contributed by atoms with van der Waals surface area (Å²) in [5, 5.41) is 2.64. The molecular formula is C22H34N2O5Si. The fourth-order valence-electron chi connectivity index (χ4n) is 3.20. The number of β-lactam (4-membered cyclic amide) rings is 1. The molecule has 1 N–H and O–H groups in total. The number of fused-ring (bicyclic) bond motifs is 1. The molecule has 2 heterocycles. The third-order valence-corrected chi connectivity index (χ3v) is 5.16. The Morgan fingerprint density at radius 1 is 1.07 bits per heavy atom. The van der Waals surface area contributed by atoms with Crippen LogP contribution in [0.3, 0.4) is 0 Å². The number of ether oxygens (including phenoxy) is 2. The Hall–Kier alpha value is -2.27. The van der Waals surface area contributed by atoms with E-state index < -0.39 is 37.4 Å². The number of alkyl carbamates (subject to hydrolysis) is 1. The molecule has 0 unspecified atom stereocenters. The second-order valence-corrected chi connectivity index (χ2v) is 15.5. The van der Waals surface area contributed by atoms with Crippen LogP contribution in [0, 0.1) is 11.5 Å². The second kappa shape index (κ2) is 8.10. The molecule has 0 spiro atoms. The van der Waals surface area contributed by atoms with Crippen LogP contribution in [0.2, 0.25) is 19.6 Å². The summed E-state index contributed by atoms with van der Waals surface area (Å²) in [5.41, 5.74) is 2.76. The van der Waals surface area contributed by atoms with Crippen molar-refractivity contribution >= 4 is 26.0 Å². The SMILES string of the molecule is CC(C)(C)OC(=O)N[C@@H]1C(=O)N2C(C(=O)OC(C)(C)C)=C(C#C[Si](C)(C)C)CC[C@H]12. The molecule has 0 saturated carbocycles. The molecule has 1 saturated heterocycles. The molecule has 2 aliphatic rings. The lowest BCUT2D eigenvalue weighted by atomic mass is 9.83. The van der Waals surface area contributed by atoms with Crippen molar-refractivity contribution in [2.24, 2.45) is 0 Å². The van der Waals surface area contributed by atoms with E-state index in [2.05, 4.69) is 36.4 Å². The van der Waals surface area contributed by atoms with Gasteiger partial charge in [0, 0.05) is 5.57 Å². The molecule has 1 fully saturated rings. The fraction of sp³-hybridized carbons (Fsp3) is 0.682. The van der Waals surface area contributed by atoms with Gasteiger partial charge in [-0.05, 0) is 54.4 Å². The van der Waals surface area contributed by atoms with Crippen LogP contribution in [0.25, 0.3) is 0 Å². The van der Waals surface area contributed by atoms with Gasteiger partial charge in [-0.2, -0.15) is 0 Å². The second-order valence-electron chi connectivity index (χ2n) is 10.8. The van der Waals surface area contributed by atoms with Gasteiger partial charge in [0.05, 0.1) is 6.04 Å². The van der Waals surface area contributed by atoms with Crippen LogP contribution in [0.15, 0.2) is 11.3 Å². The van der Waals surface area contributed by atoms with Crippen molar-refractivity contribution in [3.05, 3.63) is 11.3 Å². The van der Waals surface area contributed by atoms with Crippen molar-refractivity contribution in [1.29, 1.82) is 0 Å². The van der Waals surface area contributed by atoms with Gasteiger partial charge in [0.15, 0.2) is 0 Å². The number of rotatable bonds is 2. The van der Waals surface area contributed by atoms with Gasteiger partial charge in [-0.15, -0.1) is 5.54 Å². The van der Waals surface area contributed by atoms with E-state index in [9.17, 15) is 14.4 Å². The molecule has 2 aliphatic heterocycles. The smallest absolute Gasteiger partial charge is 0.408 e. The van der Waals surface area contributed by atoms with Gasteiger partial charge in [-0.25, -0.2) is 9.59 Å². The van der Waals surface area contributed by atoms with E-state index in [0.29, 0.717) is 18.4 Å². The van der Waals surface area contributed by atoms with E-state index in [1.807, 2.05) is 0 Å². The average Bonchev–Trinajstić information content (AvgIpc) is 2.53. The minimum absolute atomic E-state index is 0.208. The number of nitrogens with zero attached hydrogens (tertiary/aromatic N) is 1. The monoisotopic (exact) mass is 434 g/mol. The molecule has 0 aromatic rings. The number of nitrogens with one attached hydrogen (secondary N) is 1. The van der Waals surface area contributed by atoms with Crippen molar-refractivity contribution in [2.45, 2.75) is 97.3 Å². The van der Waals surface area contributed by atoms with Crippen LogP contribution in [0.1, 0.15) is 54.4 Å². The molecule has 0 aliphatic carbocycles. The van der Waals surface area contributed by atoms with Crippen LogP contribution in [0.5, 0.6) is 0 Å². The molecule has 0 bridgehead atoms. The fourth-order valence-corrected chi connectivity index (χ4v) is 3.72. The van der Waals surface area contributed by atoms with Crippen LogP contribution < -0.4 is 5.32 Å². The molecule has 2 amide bonds. The summed E-state index contributed by atoms with van der Waals surface area (Å²) < 4.78 is 10.8. The number of carbonyl (C=O) groups is 3. The average molecular weight is 435 g/mol. The van der Waals surface area contributed by atoms with Crippen LogP contribution in [-0.2, 0) is 19.1 Å². The van der Waals surface area contributed by atoms with Gasteiger partial charge in [0.2, 0.25) is 0 Å². The minimum Gasteiger partial charge on any atom is -0.455 e. The van der Waals surface area contributed by atoms with Crippen molar-refractivity contribution in [1.82, 2.24) is 10.2 Å². The van der Waals surface area contributed by atoms with Crippen molar-refractivity contribution < 1.29 is 23.9 Å². The topological polar surface area (TPSA) is 84.9 Å². The van der Waals surface area contributed by atoms with Crippen LogP contribution >= 0.6 is 0 Å².